The molecule has 1 aliphatic rings. The highest BCUT2D eigenvalue weighted by Gasteiger charge is 2.27. The Hall–Kier alpha value is -2.44. The number of pyridine rings is 1. The van der Waals surface area contributed by atoms with E-state index >= 15 is 0 Å². The van der Waals surface area contributed by atoms with Crippen LogP contribution in [0.5, 0.6) is 0 Å². The van der Waals surface area contributed by atoms with E-state index in [-0.39, 0.29) is 30.3 Å². The number of amides is 2. The van der Waals surface area contributed by atoms with Crippen LogP contribution in [0.4, 0.5) is 5.69 Å². The van der Waals surface area contributed by atoms with Crippen LogP contribution in [0.3, 0.4) is 0 Å². The van der Waals surface area contributed by atoms with Crippen LogP contribution in [0.25, 0.3) is 0 Å². The monoisotopic (exact) mass is 374 g/mol. The molecule has 0 bridgehead atoms. The Balaban J connectivity index is 0.00000243. The number of carbonyl (C=O) groups excluding carboxylic acids is 2. The molecule has 2 heterocycles. The fourth-order valence-electron chi connectivity index (χ4n) is 3.06. The van der Waals surface area contributed by atoms with E-state index in [2.05, 4.69) is 15.6 Å². The van der Waals surface area contributed by atoms with E-state index in [1.807, 2.05) is 47.5 Å². The summed E-state index contributed by atoms with van der Waals surface area (Å²) in [5.74, 6) is -0.00779. The lowest BCUT2D eigenvalue weighted by molar-refractivity contribution is -0.133. The number of anilines is 1. The molecule has 1 aromatic heterocycles. The highest BCUT2D eigenvalue weighted by Crippen LogP contribution is 2.22. The molecule has 1 saturated heterocycles. The van der Waals surface area contributed by atoms with Gasteiger partial charge >= 0.3 is 0 Å². The Bertz CT molecular complexity index is 737. The molecule has 6 nitrogen and oxygen atoms in total. The van der Waals surface area contributed by atoms with Crippen LogP contribution in [0, 0.1) is 0 Å². The molecule has 1 atom stereocenters. The SMILES string of the molecule is CC(=O)Nc1ccc(CC(=O)N2CCNCC2c2cccnc2)cc1.Cl. The van der Waals surface area contributed by atoms with Crippen LogP contribution < -0.4 is 10.6 Å². The number of nitrogens with zero attached hydrogens (tertiary/aromatic N) is 2. The second-order valence-electron chi connectivity index (χ2n) is 6.15. The molecule has 0 spiro atoms. The molecule has 1 aliphatic heterocycles. The van der Waals surface area contributed by atoms with Gasteiger partial charge in [-0.3, -0.25) is 14.6 Å². The van der Waals surface area contributed by atoms with Crippen molar-refractivity contribution in [1.82, 2.24) is 15.2 Å². The van der Waals surface area contributed by atoms with Crippen molar-refractivity contribution in [1.29, 1.82) is 0 Å². The molecule has 2 amide bonds. The molecule has 2 aromatic rings. The molecule has 0 saturated carbocycles. The van der Waals surface area contributed by atoms with E-state index in [0.717, 1.165) is 29.9 Å². The Morgan fingerprint density at radius 2 is 2.04 bits per heavy atom. The van der Waals surface area contributed by atoms with Crippen LogP contribution in [0.1, 0.15) is 24.1 Å². The van der Waals surface area contributed by atoms with Gasteiger partial charge in [0.25, 0.3) is 0 Å². The van der Waals surface area contributed by atoms with Gasteiger partial charge in [-0.1, -0.05) is 18.2 Å². The van der Waals surface area contributed by atoms with Crippen molar-refractivity contribution in [3.05, 3.63) is 59.9 Å². The van der Waals surface area contributed by atoms with E-state index in [0.29, 0.717) is 13.0 Å². The Morgan fingerprint density at radius 3 is 2.69 bits per heavy atom. The van der Waals surface area contributed by atoms with Crippen LogP contribution in [-0.2, 0) is 16.0 Å². The maximum Gasteiger partial charge on any atom is 0.227 e. The maximum atomic E-state index is 12.8. The third-order valence-corrected chi connectivity index (χ3v) is 4.26. The van der Waals surface area contributed by atoms with Gasteiger partial charge < -0.3 is 15.5 Å². The summed E-state index contributed by atoms with van der Waals surface area (Å²) in [6.45, 7) is 3.69. The summed E-state index contributed by atoms with van der Waals surface area (Å²) in [6.07, 6.45) is 3.90. The van der Waals surface area contributed by atoms with Crippen molar-refractivity contribution in [2.45, 2.75) is 19.4 Å². The normalized spacial score (nSPS) is 16.5. The van der Waals surface area contributed by atoms with E-state index in [1.165, 1.54) is 6.92 Å². The molecule has 1 unspecified atom stereocenters. The summed E-state index contributed by atoms with van der Waals surface area (Å²) in [5.41, 5.74) is 2.71. The zero-order valence-corrected chi connectivity index (χ0v) is 15.5. The van der Waals surface area contributed by atoms with Crippen molar-refractivity contribution in [3.8, 4) is 0 Å². The third-order valence-electron chi connectivity index (χ3n) is 4.26. The van der Waals surface area contributed by atoms with Crippen LogP contribution in [0.2, 0.25) is 0 Å². The first-order valence-electron chi connectivity index (χ1n) is 8.40. The predicted octanol–water partition coefficient (Wildman–Crippen LogP) is 2.18. The van der Waals surface area contributed by atoms with E-state index < -0.39 is 0 Å². The fourth-order valence-corrected chi connectivity index (χ4v) is 3.06. The molecule has 26 heavy (non-hydrogen) atoms. The summed E-state index contributed by atoms with van der Waals surface area (Å²) in [6, 6.07) is 11.3. The highest BCUT2D eigenvalue weighted by molar-refractivity contribution is 5.88. The van der Waals surface area contributed by atoms with Gasteiger partial charge in [0.05, 0.1) is 12.5 Å². The summed E-state index contributed by atoms with van der Waals surface area (Å²) in [7, 11) is 0. The molecular weight excluding hydrogens is 352 g/mol. The molecule has 138 valence electrons. The van der Waals surface area contributed by atoms with Crippen molar-refractivity contribution in [3.63, 3.8) is 0 Å². The van der Waals surface area contributed by atoms with Crippen LogP contribution in [-0.4, -0.2) is 41.3 Å². The van der Waals surface area contributed by atoms with Crippen molar-refractivity contribution in [2.75, 3.05) is 25.0 Å². The smallest absolute Gasteiger partial charge is 0.227 e. The average molecular weight is 375 g/mol. The maximum absolute atomic E-state index is 12.8. The molecule has 3 rings (SSSR count). The number of rotatable bonds is 4. The number of hydrogen-bond acceptors (Lipinski definition) is 4. The van der Waals surface area contributed by atoms with Gasteiger partial charge in [-0.05, 0) is 29.3 Å². The van der Waals surface area contributed by atoms with E-state index in [9.17, 15) is 9.59 Å². The second kappa shape index (κ2) is 9.31. The third kappa shape index (κ3) is 5.03. The standard InChI is InChI=1S/C19H22N4O2.ClH/c1-14(24)22-17-6-4-15(5-7-17)11-19(25)23-10-9-21-13-18(23)16-3-2-8-20-12-16;/h2-8,12,18,21H,9-11,13H2,1H3,(H,22,24);1H. The summed E-state index contributed by atoms with van der Waals surface area (Å²) in [4.78, 5) is 30.0. The zero-order chi connectivity index (χ0) is 17.6. The number of benzene rings is 1. The minimum absolute atomic E-state index is 0. The molecule has 0 aliphatic carbocycles. The molecular formula is C19H23ClN4O2. The Labute approximate surface area is 159 Å². The predicted molar refractivity (Wildman–Crippen MR) is 103 cm³/mol. The number of aromatic nitrogens is 1. The molecule has 1 aromatic carbocycles. The van der Waals surface area contributed by atoms with Crippen molar-refractivity contribution >= 4 is 29.9 Å². The Kier molecular flexibility index (Phi) is 7.12. The van der Waals surface area contributed by atoms with Crippen LogP contribution >= 0.6 is 12.4 Å². The van der Waals surface area contributed by atoms with Crippen molar-refractivity contribution in [2.24, 2.45) is 0 Å². The number of piperazine rings is 1. The summed E-state index contributed by atoms with van der Waals surface area (Å²) < 4.78 is 0. The lowest BCUT2D eigenvalue weighted by atomic mass is 10.0. The minimum Gasteiger partial charge on any atom is -0.333 e. The summed E-state index contributed by atoms with van der Waals surface area (Å²) >= 11 is 0. The van der Waals surface area contributed by atoms with Gasteiger partial charge in [-0.25, -0.2) is 0 Å². The molecule has 0 radical (unpaired) electrons. The largest absolute Gasteiger partial charge is 0.333 e. The van der Waals surface area contributed by atoms with Gasteiger partial charge in [0.2, 0.25) is 11.8 Å². The van der Waals surface area contributed by atoms with E-state index in [1.54, 1.807) is 6.20 Å². The lowest BCUT2D eigenvalue weighted by Gasteiger charge is -2.36. The number of halogens is 1. The van der Waals surface area contributed by atoms with E-state index in [4.69, 9.17) is 0 Å². The topological polar surface area (TPSA) is 74.3 Å². The Morgan fingerprint density at radius 1 is 1.27 bits per heavy atom. The molecule has 1 fully saturated rings. The summed E-state index contributed by atoms with van der Waals surface area (Å²) in [5, 5.41) is 6.07. The first kappa shape index (κ1) is 19.9. The first-order valence-corrected chi connectivity index (χ1v) is 8.40. The highest BCUT2D eigenvalue weighted by atomic mass is 35.5. The number of nitrogens with one attached hydrogen (secondary N) is 2. The first-order chi connectivity index (χ1) is 12.1. The minimum atomic E-state index is -0.107. The average Bonchev–Trinajstić information content (AvgIpc) is 2.63. The molecule has 7 heteroatoms. The zero-order valence-electron chi connectivity index (χ0n) is 14.6. The van der Waals surface area contributed by atoms with Crippen molar-refractivity contribution < 1.29 is 9.59 Å². The quantitative estimate of drug-likeness (QED) is 0.860. The number of hydrogen-bond donors (Lipinski definition) is 2. The fraction of sp³-hybridized carbons (Fsp3) is 0.316. The van der Waals surface area contributed by atoms with Gasteiger partial charge in [-0.15, -0.1) is 12.4 Å². The van der Waals surface area contributed by atoms with Crippen LogP contribution in [0.15, 0.2) is 48.8 Å². The lowest BCUT2D eigenvalue weighted by Crippen LogP contribution is -2.49. The van der Waals surface area contributed by atoms with Gasteiger partial charge in [0.1, 0.15) is 0 Å². The molecule has 2 N–H and O–H groups in total. The van der Waals surface area contributed by atoms with Gasteiger partial charge in [0.15, 0.2) is 0 Å². The van der Waals surface area contributed by atoms with Gasteiger partial charge in [-0.2, -0.15) is 0 Å². The van der Waals surface area contributed by atoms with Gasteiger partial charge in [0, 0.05) is 44.6 Å². The number of carbonyl (C=O) groups is 2. The second-order valence-corrected chi connectivity index (χ2v) is 6.15.